The third-order valence-electron chi connectivity index (χ3n) is 3.94. The summed E-state index contributed by atoms with van der Waals surface area (Å²) in [4.78, 5) is 7.67. The summed E-state index contributed by atoms with van der Waals surface area (Å²) in [7, 11) is 2.09. The number of nitrogens with zero attached hydrogens (tertiary/aromatic N) is 2. The van der Waals surface area contributed by atoms with Crippen molar-refractivity contribution in [2.45, 2.75) is 11.6 Å². The fraction of sp³-hybridized carbons (Fsp3) is 0.118. The molecule has 0 amide bonds. The van der Waals surface area contributed by atoms with Gasteiger partial charge in [-0.1, -0.05) is 30.3 Å². The second kappa shape index (κ2) is 4.67. The number of hydrogen-bond donors (Lipinski definition) is 2. The highest BCUT2D eigenvalue weighted by atomic mass is 32.1. The molecule has 4 rings (SSSR count). The third kappa shape index (κ3) is 2.03. The Labute approximate surface area is 128 Å². The number of imidazole rings is 1. The van der Waals surface area contributed by atoms with Gasteiger partial charge in [0, 0.05) is 30.6 Å². The lowest BCUT2D eigenvalue weighted by atomic mass is 10.0. The molecule has 0 aliphatic heterocycles. The summed E-state index contributed by atoms with van der Waals surface area (Å²) in [5.41, 5.74) is 5.86. The highest BCUT2D eigenvalue weighted by Gasteiger charge is 2.10. The zero-order valence-corrected chi connectivity index (χ0v) is 12.6. The van der Waals surface area contributed by atoms with Crippen LogP contribution in [0.3, 0.4) is 0 Å². The highest BCUT2D eigenvalue weighted by Crippen LogP contribution is 2.26. The predicted octanol–water partition coefficient (Wildman–Crippen LogP) is 3.93. The molecule has 0 radical (unpaired) electrons. The smallest absolute Gasteiger partial charge is 0.163 e. The first-order chi connectivity index (χ1) is 10.2. The molecule has 0 bridgehead atoms. The van der Waals surface area contributed by atoms with Gasteiger partial charge >= 0.3 is 0 Å². The van der Waals surface area contributed by atoms with Gasteiger partial charge in [-0.3, -0.25) is 0 Å². The monoisotopic (exact) mass is 293 g/mol. The van der Waals surface area contributed by atoms with Crippen molar-refractivity contribution >= 4 is 34.6 Å². The van der Waals surface area contributed by atoms with Crippen molar-refractivity contribution in [1.29, 1.82) is 0 Å². The number of para-hydroxylation sites is 2. The van der Waals surface area contributed by atoms with Crippen LogP contribution in [0.4, 0.5) is 0 Å². The Morgan fingerprint density at radius 3 is 2.86 bits per heavy atom. The molecule has 0 spiro atoms. The van der Waals surface area contributed by atoms with E-state index in [0.717, 1.165) is 17.5 Å². The Morgan fingerprint density at radius 1 is 1.10 bits per heavy atom. The van der Waals surface area contributed by atoms with E-state index in [1.807, 2.05) is 6.07 Å². The van der Waals surface area contributed by atoms with E-state index < -0.39 is 0 Å². The van der Waals surface area contributed by atoms with Crippen molar-refractivity contribution in [2.24, 2.45) is 7.05 Å². The fourth-order valence-electron chi connectivity index (χ4n) is 2.99. The van der Waals surface area contributed by atoms with E-state index >= 15 is 0 Å². The van der Waals surface area contributed by atoms with Gasteiger partial charge in [-0.15, -0.1) is 12.6 Å². The molecular weight excluding hydrogens is 278 g/mol. The summed E-state index contributed by atoms with van der Waals surface area (Å²) < 4.78 is 2.18. The molecule has 0 unspecified atom stereocenters. The van der Waals surface area contributed by atoms with Gasteiger partial charge in [0.2, 0.25) is 0 Å². The van der Waals surface area contributed by atoms with Gasteiger partial charge in [0.1, 0.15) is 0 Å². The van der Waals surface area contributed by atoms with Crippen LogP contribution in [0, 0.1) is 0 Å². The number of aryl methyl sites for hydroxylation is 1. The van der Waals surface area contributed by atoms with Crippen molar-refractivity contribution in [1.82, 2.24) is 14.5 Å². The second-order valence-electron chi connectivity index (χ2n) is 5.33. The molecule has 0 aliphatic rings. The van der Waals surface area contributed by atoms with Crippen molar-refractivity contribution in [3.05, 3.63) is 59.8 Å². The van der Waals surface area contributed by atoms with Crippen LogP contribution in [0.5, 0.6) is 0 Å². The summed E-state index contributed by atoms with van der Waals surface area (Å²) in [5, 5.41) is 1.97. The lowest BCUT2D eigenvalue weighted by Gasteiger charge is -2.01. The SMILES string of the molecule is Cn1cc(Cc2cccc3[nH]c(S)nc23)c2ccccc21. The molecule has 0 fully saturated rings. The van der Waals surface area contributed by atoms with Crippen molar-refractivity contribution < 1.29 is 0 Å². The zero-order valence-electron chi connectivity index (χ0n) is 11.7. The van der Waals surface area contributed by atoms with Gasteiger partial charge in [-0.2, -0.15) is 0 Å². The minimum atomic E-state index is 0.662. The number of thiol groups is 1. The van der Waals surface area contributed by atoms with E-state index in [0.29, 0.717) is 5.16 Å². The molecule has 2 aromatic carbocycles. The average Bonchev–Trinajstić information content (AvgIpc) is 3.01. The van der Waals surface area contributed by atoms with Gasteiger partial charge < -0.3 is 9.55 Å². The van der Waals surface area contributed by atoms with Gasteiger partial charge in [0.05, 0.1) is 11.0 Å². The molecular formula is C17H15N3S. The van der Waals surface area contributed by atoms with E-state index in [2.05, 4.69) is 76.8 Å². The first-order valence-electron chi connectivity index (χ1n) is 6.92. The van der Waals surface area contributed by atoms with Crippen LogP contribution in [0.15, 0.2) is 53.8 Å². The van der Waals surface area contributed by atoms with Gasteiger partial charge in [0.15, 0.2) is 5.16 Å². The standard InChI is InChI=1S/C17H15N3S/c1-20-10-12(13-6-2-3-8-15(13)20)9-11-5-4-7-14-16(11)19-17(21)18-14/h2-8,10H,9H2,1H3,(H2,18,19,21). The molecule has 21 heavy (non-hydrogen) atoms. The number of aromatic nitrogens is 3. The lowest BCUT2D eigenvalue weighted by molar-refractivity contribution is 0.958. The number of benzene rings is 2. The molecule has 0 saturated heterocycles. The average molecular weight is 293 g/mol. The normalized spacial score (nSPS) is 11.5. The maximum atomic E-state index is 4.50. The number of rotatable bonds is 2. The molecule has 0 aliphatic carbocycles. The van der Waals surface area contributed by atoms with Crippen molar-refractivity contribution in [3.63, 3.8) is 0 Å². The topological polar surface area (TPSA) is 33.6 Å². The van der Waals surface area contributed by atoms with Crippen LogP contribution >= 0.6 is 12.6 Å². The van der Waals surface area contributed by atoms with E-state index in [4.69, 9.17) is 0 Å². The van der Waals surface area contributed by atoms with Crippen molar-refractivity contribution in [3.8, 4) is 0 Å². The van der Waals surface area contributed by atoms with Crippen LogP contribution in [0.1, 0.15) is 11.1 Å². The Bertz CT molecular complexity index is 949. The fourth-order valence-corrected chi connectivity index (χ4v) is 3.21. The van der Waals surface area contributed by atoms with Crippen LogP contribution in [0.25, 0.3) is 21.9 Å². The summed E-state index contributed by atoms with van der Waals surface area (Å²) in [6, 6.07) is 14.7. The summed E-state index contributed by atoms with van der Waals surface area (Å²) in [6.45, 7) is 0. The minimum Gasteiger partial charge on any atom is -0.350 e. The number of H-pyrrole nitrogens is 1. The van der Waals surface area contributed by atoms with E-state index in [1.165, 1.54) is 22.0 Å². The Balaban J connectivity index is 1.87. The largest absolute Gasteiger partial charge is 0.350 e. The van der Waals surface area contributed by atoms with Crippen LogP contribution in [0.2, 0.25) is 0 Å². The number of aromatic amines is 1. The maximum Gasteiger partial charge on any atom is 0.163 e. The van der Waals surface area contributed by atoms with Gasteiger partial charge in [-0.05, 0) is 23.3 Å². The van der Waals surface area contributed by atoms with Crippen molar-refractivity contribution in [2.75, 3.05) is 0 Å². The molecule has 2 heterocycles. The quantitative estimate of drug-likeness (QED) is 0.539. The minimum absolute atomic E-state index is 0.662. The molecule has 3 nitrogen and oxygen atoms in total. The molecule has 0 saturated carbocycles. The van der Waals surface area contributed by atoms with E-state index in [9.17, 15) is 0 Å². The number of fused-ring (bicyclic) bond motifs is 2. The van der Waals surface area contributed by atoms with E-state index in [-0.39, 0.29) is 0 Å². The summed E-state index contributed by atoms with van der Waals surface area (Å²) in [6.07, 6.45) is 3.08. The Kier molecular flexibility index (Phi) is 2.79. The van der Waals surface area contributed by atoms with Crippen LogP contribution in [-0.2, 0) is 13.5 Å². The molecule has 4 heteroatoms. The van der Waals surface area contributed by atoms with Crippen LogP contribution < -0.4 is 0 Å². The maximum absolute atomic E-state index is 4.50. The van der Waals surface area contributed by atoms with Crippen LogP contribution in [-0.4, -0.2) is 14.5 Å². The number of nitrogens with one attached hydrogen (secondary N) is 1. The Hall–Kier alpha value is -2.20. The first-order valence-corrected chi connectivity index (χ1v) is 7.36. The summed E-state index contributed by atoms with van der Waals surface area (Å²) >= 11 is 4.31. The first kappa shape index (κ1) is 12.5. The second-order valence-corrected chi connectivity index (χ2v) is 5.76. The predicted molar refractivity (Wildman–Crippen MR) is 89.1 cm³/mol. The lowest BCUT2D eigenvalue weighted by Crippen LogP contribution is -1.89. The molecule has 0 atom stereocenters. The number of hydrogen-bond acceptors (Lipinski definition) is 2. The van der Waals surface area contributed by atoms with Gasteiger partial charge in [-0.25, -0.2) is 4.98 Å². The van der Waals surface area contributed by atoms with Gasteiger partial charge in [0.25, 0.3) is 0 Å². The molecule has 1 N–H and O–H groups in total. The molecule has 4 aromatic rings. The Morgan fingerprint density at radius 2 is 1.95 bits per heavy atom. The summed E-state index contributed by atoms with van der Waals surface area (Å²) in [5.74, 6) is 0. The molecule has 104 valence electrons. The third-order valence-corrected chi connectivity index (χ3v) is 4.16. The highest BCUT2D eigenvalue weighted by molar-refractivity contribution is 7.80. The zero-order chi connectivity index (χ0) is 14.4. The molecule has 2 aromatic heterocycles. The van der Waals surface area contributed by atoms with E-state index in [1.54, 1.807) is 0 Å².